The highest BCUT2D eigenvalue weighted by Gasteiger charge is 2.29. The van der Waals surface area contributed by atoms with Crippen LogP contribution in [0.25, 0.3) is 10.8 Å². The van der Waals surface area contributed by atoms with Gasteiger partial charge >= 0.3 is 0 Å². The summed E-state index contributed by atoms with van der Waals surface area (Å²) in [5.74, 6) is 3.76. The van der Waals surface area contributed by atoms with E-state index in [0.717, 1.165) is 18.9 Å². The van der Waals surface area contributed by atoms with Crippen LogP contribution in [0.15, 0.2) is 41.3 Å². The fourth-order valence-corrected chi connectivity index (χ4v) is 5.33. The van der Waals surface area contributed by atoms with Crippen molar-refractivity contribution in [3.63, 3.8) is 0 Å². The van der Waals surface area contributed by atoms with E-state index in [-0.39, 0.29) is 0 Å². The second-order valence-electron chi connectivity index (χ2n) is 5.87. The van der Waals surface area contributed by atoms with E-state index in [9.17, 15) is 0 Å². The molecule has 0 atom stereocenters. The Morgan fingerprint density at radius 3 is 2.43 bits per heavy atom. The lowest BCUT2D eigenvalue weighted by Crippen LogP contribution is -2.19. The van der Waals surface area contributed by atoms with Gasteiger partial charge in [-0.3, -0.25) is 0 Å². The van der Waals surface area contributed by atoms with E-state index in [0.29, 0.717) is 10.9 Å². The van der Waals surface area contributed by atoms with Crippen molar-refractivity contribution in [1.29, 1.82) is 0 Å². The molecule has 2 aromatic rings. The molecule has 2 aromatic carbocycles. The molecule has 21 heavy (non-hydrogen) atoms. The smallest absolute Gasteiger partial charge is 0.162 e. The van der Waals surface area contributed by atoms with Crippen molar-refractivity contribution in [2.24, 2.45) is 0 Å². The van der Waals surface area contributed by atoms with Crippen LogP contribution in [-0.4, -0.2) is 43.7 Å². The molecule has 1 heterocycles. The summed E-state index contributed by atoms with van der Waals surface area (Å²) in [5, 5.41) is 2.67. The summed E-state index contributed by atoms with van der Waals surface area (Å²) >= 11 is 0. The first-order chi connectivity index (χ1) is 10.3. The molecule has 112 valence electrons. The van der Waals surface area contributed by atoms with Crippen LogP contribution in [0.1, 0.15) is 12.8 Å². The fraction of sp³-hybridized carbons (Fsp3) is 0.444. The van der Waals surface area contributed by atoms with E-state index >= 15 is 0 Å². The molecule has 2 nitrogen and oxygen atoms in total. The number of benzene rings is 2. The Morgan fingerprint density at radius 1 is 1.00 bits per heavy atom. The zero-order valence-corrected chi connectivity index (χ0v) is 13.8. The molecule has 0 N–H and O–H groups in total. The Labute approximate surface area is 130 Å². The molecule has 3 rings (SSSR count). The summed E-state index contributed by atoms with van der Waals surface area (Å²) in [6.07, 6.45) is 2.77. The van der Waals surface area contributed by atoms with Crippen LogP contribution < -0.4 is 4.74 Å². The van der Waals surface area contributed by atoms with Crippen molar-refractivity contribution in [2.75, 3.05) is 38.8 Å². The zero-order valence-electron chi connectivity index (χ0n) is 13.0. The molecule has 0 bridgehead atoms. The highest BCUT2D eigenvalue weighted by molar-refractivity contribution is 7.97. The summed E-state index contributed by atoms with van der Waals surface area (Å²) in [7, 11) is 4.60. The molecule has 1 fully saturated rings. The molecular formula is C18H24NOS+. The molecule has 0 amide bonds. The Morgan fingerprint density at radius 2 is 1.71 bits per heavy atom. The topological polar surface area (TPSA) is 12.5 Å². The lowest BCUT2D eigenvalue weighted by molar-refractivity contribution is 0.263. The molecule has 0 saturated carbocycles. The maximum Gasteiger partial charge on any atom is 0.162 e. The molecule has 0 unspecified atom stereocenters. The minimum absolute atomic E-state index is 0.450. The van der Waals surface area contributed by atoms with Gasteiger partial charge in [0, 0.05) is 28.2 Å². The molecule has 0 radical (unpaired) electrons. The number of ether oxygens (including phenoxy) is 1. The first-order valence-corrected chi connectivity index (χ1v) is 9.29. The lowest BCUT2D eigenvalue weighted by atomic mass is 10.1. The first kappa shape index (κ1) is 14.7. The van der Waals surface area contributed by atoms with Crippen molar-refractivity contribution in [3.05, 3.63) is 36.4 Å². The normalized spacial score (nSPS) is 16.0. The lowest BCUT2D eigenvalue weighted by Gasteiger charge is -2.14. The minimum atomic E-state index is 0.450. The van der Waals surface area contributed by atoms with E-state index in [1.165, 1.54) is 35.1 Å². The summed E-state index contributed by atoms with van der Waals surface area (Å²) in [5.41, 5.74) is 0. The zero-order chi connectivity index (χ0) is 14.7. The molecule has 0 aromatic heterocycles. The van der Waals surface area contributed by atoms with Gasteiger partial charge in [-0.2, -0.15) is 0 Å². The Balaban J connectivity index is 1.90. The SMILES string of the molecule is CN(C)CCOc1ccc([S+]2CCCC2)c2ccccc12. The summed E-state index contributed by atoms with van der Waals surface area (Å²) in [4.78, 5) is 3.69. The van der Waals surface area contributed by atoms with Gasteiger partial charge in [-0.15, -0.1) is 0 Å². The quantitative estimate of drug-likeness (QED) is 0.783. The maximum atomic E-state index is 6.01. The molecular weight excluding hydrogens is 278 g/mol. The molecule has 0 aliphatic carbocycles. The van der Waals surface area contributed by atoms with E-state index in [4.69, 9.17) is 4.74 Å². The Kier molecular flexibility index (Phi) is 4.71. The van der Waals surface area contributed by atoms with Gasteiger partial charge in [0.2, 0.25) is 0 Å². The monoisotopic (exact) mass is 302 g/mol. The number of rotatable bonds is 5. The Hall–Kier alpha value is -1.19. The highest BCUT2D eigenvalue weighted by Crippen LogP contribution is 2.34. The number of hydrogen-bond acceptors (Lipinski definition) is 2. The predicted octanol–water partition coefficient (Wildman–Crippen LogP) is 3.55. The summed E-state index contributed by atoms with van der Waals surface area (Å²) in [6.45, 7) is 1.68. The number of fused-ring (bicyclic) bond motifs is 1. The number of nitrogens with zero attached hydrogens (tertiary/aromatic N) is 1. The molecule has 1 saturated heterocycles. The van der Waals surface area contributed by atoms with Crippen molar-refractivity contribution in [2.45, 2.75) is 17.7 Å². The predicted molar refractivity (Wildman–Crippen MR) is 92.6 cm³/mol. The van der Waals surface area contributed by atoms with Gasteiger partial charge < -0.3 is 9.64 Å². The van der Waals surface area contributed by atoms with Crippen LogP contribution >= 0.6 is 0 Å². The highest BCUT2D eigenvalue weighted by atomic mass is 32.2. The van der Waals surface area contributed by atoms with Crippen molar-refractivity contribution < 1.29 is 4.74 Å². The summed E-state index contributed by atoms with van der Waals surface area (Å²) < 4.78 is 6.01. The van der Waals surface area contributed by atoms with Gasteiger partial charge in [0.15, 0.2) is 4.90 Å². The number of hydrogen-bond donors (Lipinski definition) is 0. The minimum Gasteiger partial charge on any atom is -0.492 e. The maximum absolute atomic E-state index is 6.01. The van der Waals surface area contributed by atoms with Gasteiger partial charge in [0.05, 0.1) is 0 Å². The summed E-state index contributed by atoms with van der Waals surface area (Å²) in [6, 6.07) is 13.2. The fourth-order valence-electron chi connectivity index (χ4n) is 2.83. The largest absolute Gasteiger partial charge is 0.492 e. The second-order valence-corrected chi connectivity index (χ2v) is 8.11. The third-order valence-electron chi connectivity index (χ3n) is 3.98. The first-order valence-electron chi connectivity index (χ1n) is 7.72. The number of likely N-dealkylation sites (N-methyl/N-ethyl adjacent to an activating group) is 1. The van der Waals surface area contributed by atoms with Gasteiger partial charge in [-0.05, 0) is 45.1 Å². The van der Waals surface area contributed by atoms with E-state index in [1.54, 1.807) is 4.90 Å². The van der Waals surface area contributed by atoms with Crippen LogP contribution in [-0.2, 0) is 10.9 Å². The van der Waals surface area contributed by atoms with Gasteiger partial charge in [0.25, 0.3) is 0 Å². The van der Waals surface area contributed by atoms with Crippen molar-refractivity contribution in [3.8, 4) is 5.75 Å². The van der Waals surface area contributed by atoms with E-state index in [1.807, 2.05) is 0 Å². The van der Waals surface area contributed by atoms with Crippen LogP contribution in [0, 0.1) is 0 Å². The average Bonchev–Trinajstić information content (AvgIpc) is 3.01. The van der Waals surface area contributed by atoms with Crippen LogP contribution in [0.3, 0.4) is 0 Å². The van der Waals surface area contributed by atoms with E-state index < -0.39 is 0 Å². The second kappa shape index (κ2) is 6.71. The van der Waals surface area contributed by atoms with Crippen LogP contribution in [0.5, 0.6) is 5.75 Å². The van der Waals surface area contributed by atoms with Crippen LogP contribution in [0.4, 0.5) is 0 Å². The van der Waals surface area contributed by atoms with Gasteiger partial charge in [0.1, 0.15) is 23.9 Å². The van der Waals surface area contributed by atoms with Crippen LogP contribution in [0.2, 0.25) is 0 Å². The molecule has 1 aliphatic rings. The van der Waals surface area contributed by atoms with Gasteiger partial charge in [-0.1, -0.05) is 18.2 Å². The molecule has 3 heteroatoms. The third kappa shape index (κ3) is 3.35. The molecule has 0 spiro atoms. The standard InChI is InChI=1S/C18H24NOS/c1-19(2)11-12-20-17-9-10-18(21-13-5-6-14-21)16-8-4-3-7-15(16)17/h3-4,7-10H,5-6,11-14H2,1-2H3/q+1. The molecule has 1 aliphatic heterocycles. The van der Waals surface area contributed by atoms with Crippen molar-refractivity contribution >= 4 is 21.7 Å². The average molecular weight is 302 g/mol. The third-order valence-corrected chi connectivity index (χ3v) is 6.52. The Bertz CT molecular complexity index is 605. The van der Waals surface area contributed by atoms with Gasteiger partial charge in [-0.25, -0.2) is 0 Å². The van der Waals surface area contributed by atoms with Crippen molar-refractivity contribution in [1.82, 2.24) is 4.90 Å². The van der Waals surface area contributed by atoms with E-state index in [2.05, 4.69) is 55.4 Å².